The Kier molecular flexibility index (Phi) is 3.39. The summed E-state index contributed by atoms with van der Waals surface area (Å²) in [4.78, 5) is 8.78. The molecular formula is C3H7N5O2. The van der Waals surface area contributed by atoms with Gasteiger partial charge in [-0.1, -0.05) is 5.21 Å². The normalized spacial score (nSPS) is 7.60. The van der Waals surface area contributed by atoms with Crippen molar-refractivity contribution in [3.05, 3.63) is 6.20 Å². The standard InChI is InChI=1S/C2H4N4.CH3NO2/c3-2-1-4-6-5-2;2-1(3)4/h1H,(H3,3,4,5,6);2H2,(H,3,4). The predicted octanol–water partition coefficient (Wildman–Crippen LogP) is -0.990. The number of nitrogens with zero attached hydrogens (tertiary/aromatic N) is 2. The fraction of sp³-hybridized carbons (Fsp3) is 0. The summed E-state index contributed by atoms with van der Waals surface area (Å²) in [5, 5.41) is 16.3. The molecule has 0 bridgehead atoms. The first-order valence-electron chi connectivity index (χ1n) is 2.23. The summed E-state index contributed by atoms with van der Waals surface area (Å²) >= 11 is 0. The number of anilines is 1. The van der Waals surface area contributed by atoms with Gasteiger partial charge in [-0.25, -0.2) is 4.79 Å². The highest BCUT2D eigenvalue weighted by molar-refractivity contribution is 5.61. The minimum atomic E-state index is -1.33. The van der Waals surface area contributed by atoms with Crippen LogP contribution in [0.4, 0.5) is 10.6 Å². The lowest BCUT2D eigenvalue weighted by Crippen LogP contribution is -2.03. The average molecular weight is 145 g/mol. The maximum atomic E-state index is 8.78. The van der Waals surface area contributed by atoms with Crippen molar-refractivity contribution in [3.63, 3.8) is 0 Å². The number of aromatic amines is 1. The summed E-state index contributed by atoms with van der Waals surface area (Å²) in [7, 11) is 0. The Morgan fingerprint density at radius 2 is 2.30 bits per heavy atom. The van der Waals surface area contributed by atoms with E-state index in [1.54, 1.807) is 0 Å². The van der Waals surface area contributed by atoms with Crippen LogP contribution in [0.15, 0.2) is 6.20 Å². The molecule has 1 rings (SSSR count). The van der Waals surface area contributed by atoms with E-state index in [0.29, 0.717) is 5.82 Å². The van der Waals surface area contributed by atoms with Gasteiger partial charge in [0.2, 0.25) is 0 Å². The van der Waals surface area contributed by atoms with Crippen molar-refractivity contribution < 1.29 is 9.90 Å². The highest BCUT2D eigenvalue weighted by Crippen LogP contribution is 1.81. The third-order valence-corrected chi connectivity index (χ3v) is 0.436. The molecule has 0 saturated heterocycles. The molecule has 0 aliphatic carbocycles. The summed E-state index contributed by atoms with van der Waals surface area (Å²) in [5.74, 6) is 0.426. The lowest BCUT2D eigenvalue weighted by molar-refractivity contribution is 0.205. The van der Waals surface area contributed by atoms with Crippen molar-refractivity contribution in [2.45, 2.75) is 0 Å². The molecule has 0 fully saturated rings. The molecule has 1 aromatic rings. The van der Waals surface area contributed by atoms with Crippen LogP contribution < -0.4 is 11.5 Å². The zero-order valence-electron chi connectivity index (χ0n) is 4.98. The molecule has 1 heterocycles. The predicted molar refractivity (Wildman–Crippen MR) is 33.0 cm³/mol. The highest BCUT2D eigenvalue weighted by atomic mass is 16.4. The van der Waals surface area contributed by atoms with Crippen LogP contribution in [0.25, 0.3) is 0 Å². The first kappa shape index (κ1) is 8.21. The molecule has 0 radical (unpaired) electrons. The zero-order chi connectivity index (χ0) is 7.98. The number of amides is 1. The smallest absolute Gasteiger partial charge is 0.402 e. The highest BCUT2D eigenvalue weighted by Gasteiger charge is 1.76. The summed E-state index contributed by atoms with van der Waals surface area (Å²) in [6.07, 6.45) is 0.181. The second-order valence-corrected chi connectivity index (χ2v) is 1.24. The first-order valence-corrected chi connectivity index (χ1v) is 2.23. The van der Waals surface area contributed by atoms with E-state index in [2.05, 4.69) is 21.1 Å². The summed E-state index contributed by atoms with van der Waals surface area (Å²) in [6, 6.07) is 0. The van der Waals surface area contributed by atoms with Gasteiger partial charge in [0.05, 0.1) is 6.20 Å². The van der Waals surface area contributed by atoms with Gasteiger partial charge in [0.1, 0.15) is 0 Å². The Morgan fingerprint density at radius 1 is 1.80 bits per heavy atom. The molecule has 56 valence electrons. The fourth-order valence-corrected chi connectivity index (χ4v) is 0.210. The van der Waals surface area contributed by atoms with Gasteiger partial charge in [-0.15, -0.1) is 5.10 Å². The SMILES string of the molecule is NC(=O)O.Nc1c[nH]nn1. The van der Waals surface area contributed by atoms with Gasteiger partial charge in [-0.2, -0.15) is 0 Å². The number of nitrogens with two attached hydrogens (primary N) is 2. The van der Waals surface area contributed by atoms with Crippen molar-refractivity contribution in [1.29, 1.82) is 0 Å². The zero-order valence-corrected chi connectivity index (χ0v) is 4.98. The lowest BCUT2D eigenvalue weighted by Gasteiger charge is -1.64. The van der Waals surface area contributed by atoms with Gasteiger partial charge in [0, 0.05) is 0 Å². The van der Waals surface area contributed by atoms with E-state index in [-0.39, 0.29) is 0 Å². The molecule has 1 amide bonds. The third-order valence-electron chi connectivity index (χ3n) is 0.436. The molecule has 0 aromatic carbocycles. The van der Waals surface area contributed by atoms with Crippen LogP contribution in [0.3, 0.4) is 0 Å². The van der Waals surface area contributed by atoms with Gasteiger partial charge in [-0.05, 0) is 0 Å². The number of nitrogen functional groups attached to an aromatic ring is 1. The number of carbonyl (C=O) groups is 1. The molecule has 0 spiro atoms. The van der Waals surface area contributed by atoms with Crippen molar-refractivity contribution in [2.75, 3.05) is 5.73 Å². The van der Waals surface area contributed by atoms with Crippen molar-refractivity contribution in [2.24, 2.45) is 5.73 Å². The van der Waals surface area contributed by atoms with Crippen molar-refractivity contribution in [3.8, 4) is 0 Å². The molecule has 0 aliphatic heterocycles. The van der Waals surface area contributed by atoms with Gasteiger partial charge >= 0.3 is 6.09 Å². The largest absolute Gasteiger partial charge is 0.465 e. The molecule has 10 heavy (non-hydrogen) atoms. The molecule has 6 N–H and O–H groups in total. The number of H-pyrrole nitrogens is 1. The number of aromatic nitrogens is 3. The molecule has 1 aromatic heterocycles. The van der Waals surface area contributed by atoms with Crippen LogP contribution in [0, 0.1) is 0 Å². The number of hydrogen-bond acceptors (Lipinski definition) is 4. The molecule has 0 saturated carbocycles. The third kappa shape index (κ3) is 6.21. The minimum absolute atomic E-state index is 0.426. The molecular weight excluding hydrogens is 138 g/mol. The summed E-state index contributed by atoms with van der Waals surface area (Å²) in [6.45, 7) is 0. The number of hydrogen-bond donors (Lipinski definition) is 4. The van der Waals surface area contributed by atoms with Crippen LogP contribution >= 0.6 is 0 Å². The Bertz CT molecular complexity index is 179. The van der Waals surface area contributed by atoms with E-state index in [1.165, 1.54) is 6.20 Å². The van der Waals surface area contributed by atoms with E-state index < -0.39 is 6.09 Å². The van der Waals surface area contributed by atoms with Gasteiger partial charge in [0.15, 0.2) is 5.82 Å². The maximum absolute atomic E-state index is 8.78. The molecule has 0 unspecified atom stereocenters. The van der Waals surface area contributed by atoms with Crippen molar-refractivity contribution in [1.82, 2.24) is 15.4 Å². The van der Waals surface area contributed by atoms with Gasteiger partial charge in [0.25, 0.3) is 0 Å². The summed E-state index contributed by atoms with van der Waals surface area (Å²) in [5.41, 5.74) is 9.10. The number of rotatable bonds is 0. The van der Waals surface area contributed by atoms with Crippen LogP contribution in [0.1, 0.15) is 0 Å². The Labute approximate surface area is 56.0 Å². The van der Waals surface area contributed by atoms with Crippen LogP contribution in [0.2, 0.25) is 0 Å². The molecule has 0 atom stereocenters. The molecule has 7 nitrogen and oxygen atoms in total. The van der Waals surface area contributed by atoms with E-state index in [4.69, 9.17) is 15.6 Å². The van der Waals surface area contributed by atoms with Gasteiger partial charge in [-0.3, -0.25) is 5.10 Å². The van der Waals surface area contributed by atoms with Crippen LogP contribution in [-0.4, -0.2) is 26.6 Å². The molecule has 0 aliphatic rings. The monoisotopic (exact) mass is 145 g/mol. The first-order chi connectivity index (χ1) is 4.63. The Morgan fingerprint density at radius 3 is 2.40 bits per heavy atom. The Balaban J connectivity index is 0.000000180. The van der Waals surface area contributed by atoms with Crippen molar-refractivity contribution >= 4 is 11.9 Å². The van der Waals surface area contributed by atoms with Crippen LogP contribution in [-0.2, 0) is 0 Å². The Hall–Kier alpha value is -1.79. The van der Waals surface area contributed by atoms with Gasteiger partial charge < -0.3 is 16.6 Å². The average Bonchev–Trinajstić information content (AvgIpc) is 2.15. The van der Waals surface area contributed by atoms with E-state index in [1.807, 2.05) is 0 Å². The lowest BCUT2D eigenvalue weighted by atomic mass is 10.8. The van der Waals surface area contributed by atoms with Crippen LogP contribution in [0.5, 0.6) is 0 Å². The quantitative estimate of drug-likeness (QED) is 0.372. The summed E-state index contributed by atoms with van der Waals surface area (Å²) < 4.78 is 0. The van der Waals surface area contributed by atoms with E-state index >= 15 is 0 Å². The fourth-order valence-electron chi connectivity index (χ4n) is 0.210. The maximum Gasteiger partial charge on any atom is 0.402 e. The number of carboxylic acid groups (broad SMARTS) is 1. The number of nitrogens with one attached hydrogen (secondary N) is 1. The number of primary amides is 1. The minimum Gasteiger partial charge on any atom is -0.465 e. The van der Waals surface area contributed by atoms with E-state index in [9.17, 15) is 0 Å². The second kappa shape index (κ2) is 4.13. The van der Waals surface area contributed by atoms with E-state index in [0.717, 1.165) is 0 Å². The second-order valence-electron chi connectivity index (χ2n) is 1.24. The topological polar surface area (TPSA) is 131 Å². The molecule has 7 heteroatoms.